The zero-order valence-electron chi connectivity index (χ0n) is 14.3. The van der Waals surface area contributed by atoms with Crippen molar-refractivity contribution in [2.75, 3.05) is 5.75 Å². The minimum atomic E-state index is -0.235. The first-order valence-electron chi connectivity index (χ1n) is 8.34. The van der Waals surface area contributed by atoms with Crippen molar-refractivity contribution in [3.63, 3.8) is 0 Å². The minimum absolute atomic E-state index is 0.212. The summed E-state index contributed by atoms with van der Waals surface area (Å²) >= 11 is 7.51. The lowest BCUT2D eigenvalue weighted by Gasteiger charge is -2.16. The molecule has 1 heterocycles. The smallest absolute Gasteiger partial charge is 0.197 e. The Morgan fingerprint density at radius 1 is 1.00 bits per heavy atom. The molecule has 5 nitrogen and oxygen atoms in total. The van der Waals surface area contributed by atoms with Gasteiger partial charge in [0.05, 0.1) is 5.57 Å². The quantitative estimate of drug-likeness (QED) is 0.609. The van der Waals surface area contributed by atoms with Gasteiger partial charge < -0.3 is 0 Å². The highest BCUT2D eigenvalue weighted by Crippen LogP contribution is 2.31. The average Bonchev–Trinajstić information content (AvgIpc) is 3.09. The highest BCUT2D eigenvalue weighted by molar-refractivity contribution is 7.99. The van der Waals surface area contributed by atoms with Gasteiger partial charge >= 0.3 is 0 Å². The number of benzene rings is 2. The number of hydrogen-bond acceptors (Lipinski definition) is 5. The van der Waals surface area contributed by atoms with Crippen LogP contribution in [0.15, 0.2) is 59.8 Å². The van der Waals surface area contributed by atoms with Crippen molar-refractivity contribution >= 4 is 40.5 Å². The zero-order chi connectivity index (χ0) is 19.0. The van der Waals surface area contributed by atoms with E-state index in [0.717, 1.165) is 11.4 Å². The molecule has 0 bridgehead atoms. The lowest BCUT2D eigenvalue weighted by Crippen LogP contribution is -2.18. The Labute approximate surface area is 165 Å². The third kappa shape index (κ3) is 3.11. The Kier molecular flexibility index (Phi) is 4.68. The number of hydrogen-bond donors (Lipinski definition) is 0. The third-order valence-electron chi connectivity index (χ3n) is 4.19. The summed E-state index contributed by atoms with van der Waals surface area (Å²) in [6, 6.07) is 14.0. The topological polar surface area (TPSA) is 64.8 Å². The van der Waals surface area contributed by atoms with E-state index in [2.05, 4.69) is 10.2 Å². The molecule has 0 unspecified atom stereocenters. The molecule has 0 amide bonds. The van der Waals surface area contributed by atoms with Gasteiger partial charge in [0.2, 0.25) is 0 Å². The first kappa shape index (κ1) is 17.7. The Hall–Kier alpha value is -2.70. The molecule has 4 rings (SSSR count). The van der Waals surface area contributed by atoms with Crippen LogP contribution in [0.1, 0.15) is 33.5 Å². The summed E-state index contributed by atoms with van der Waals surface area (Å²) in [5.41, 5.74) is 1.81. The summed E-state index contributed by atoms with van der Waals surface area (Å²) in [4.78, 5) is 25.6. The van der Waals surface area contributed by atoms with E-state index >= 15 is 0 Å². The highest BCUT2D eigenvalue weighted by atomic mass is 35.5. The maximum Gasteiger partial charge on any atom is 0.197 e. The summed E-state index contributed by atoms with van der Waals surface area (Å²) in [6.07, 6.45) is 1.35. The molecule has 134 valence electrons. The first-order chi connectivity index (χ1) is 13.1. The standard InChI is InChI=1S/C20H14ClN3O2S/c1-2-27-20-23-22-19(24(20)13-9-7-12(21)8-10-13)16-11-17(25)14-5-3-4-6-15(14)18(16)26/h3-11H,2H2,1H3. The number of carbonyl (C=O) groups excluding carboxylic acids is 2. The largest absolute Gasteiger partial charge is 0.289 e. The van der Waals surface area contributed by atoms with Crippen LogP contribution in [0.3, 0.4) is 0 Å². The number of nitrogens with zero attached hydrogens (tertiary/aromatic N) is 3. The molecule has 0 fully saturated rings. The number of thioether (sulfide) groups is 1. The van der Waals surface area contributed by atoms with Gasteiger partial charge in [-0.25, -0.2) is 0 Å². The Balaban J connectivity index is 1.89. The maximum atomic E-state index is 13.0. The van der Waals surface area contributed by atoms with E-state index < -0.39 is 0 Å². The number of Topliss-reactive ketones (excluding diaryl/α,β-unsaturated/α-hetero) is 1. The molecule has 0 atom stereocenters. The molecule has 1 aliphatic rings. The number of halogens is 1. The number of ketones is 2. The minimum Gasteiger partial charge on any atom is -0.289 e. The normalized spacial score (nSPS) is 13.5. The summed E-state index contributed by atoms with van der Waals surface area (Å²) in [5, 5.41) is 9.72. The van der Waals surface area contributed by atoms with Crippen LogP contribution in [-0.4, -0.2) is 32.1 Å². The van der Waals surface area contributed by atoms with Gasteiger partial charge in [-0.2, -0.15) is 0 Å². The van der Waals surface area contributed by atoms with Gasteiger partial charge in [-0.15, -0.1) is 10.2 Å². The fraction of sp³-hybridized carbons (Fsp3) is 0.100. The van der Waals surface area contributed by atoms with E-state index in [4.69, 9.17) is 11.6 Å². The molecule has 0 saturated carbocycles. The van der Waals surface area contributed by atoms with Crippen molar-refractivity contribution in [1.82, 2.24) is 14.8 Å². The summed E-state index contributed by atoms with van der Waals surface area (Å²) < 4.78 is 1.79. The van der Waals surface area contributed by atoms with Gasteiger partial charge in [0.25, 0.3) is 0 Å². The number of fused-ring (bicyclic) bond motifs is 1. The van der Waals surface area contributed by atoms with Gasteiger partial charge in [0, 0.05) is 27.9 Å². The molecule has 3 aromatic rings. The van der Waals surface area contributed by atoms with Crippen molar-refractivity contribution in [3.8, 4) is 5.69 Å². The van der Waals surface area contributed by atoms with E-state index in [9.17, 15) is 9.59 Å². The first-order valence-corrected chi connectivity index (χ1v) is 9.70. The number of rotatable bonds is 4. The third-order valence-corrected chi connectivity index (χ3v) is 5.25. The predicted octanol–water partition coefficient (Wildman–Crippen LogP) is 4.50. The van der Waals surface area contributed by atoms with E-state index in [1.165, 1.54) is 17.8 Å². The van der Waals surface area contributed by atoms with E-state index in [0.29, 0.717) is 27.1 Å². The van der Waals surface area contributed by atoms with Crippen LogP contribution in [0.25, 0.3) is 11.3 Å². The molecule has 1 aromatic heterocycles. The van der Waals surface area contributed by atoms with Crippen LogP contribution in [0.2, 0.25) is 5.02 Å². The SMILES string of the molecule is CCSc1nnc(C2=CC(=O)c3ccccc3C2=O)n1-c1ccc(Cl)cc1. The fourth-order valence-corrected chi connectivity index (χ4v) is 3.78. The van der Waals surface area contributed by atoms with Crippen LogP contribution in [0.4, 0.5) is 0 Å². The van der Waals surface area contributed by atoms with Gasteiger partial charge in [-0.1, -0.05) is 54.6 Å². The summed E-state index contributed by atoms with van der Waals surface area (Å²) in [7, 11) is 0. The van der Waals surface area contributed by atoms with Crippen LogP contribution < -0.4 is 0 Å². The Morgan fingerprint density at radius 2 is 1.70 bits per heavy atom. The molecule has 0 aliphatic heterocycles. The van der Waals surface area contributed by atoms with Gasteiger partial charge in [0.15, 0.2) is 22.5 Å². The van der Waals surface area contributed by atoms with Crippen molar-refractivity contribution in [2.24, 2.45) is 0 Å². The van der Waals surface area contributed by atoms with Gasteiger partial charge in [0.1, 0.15) is 0 Å². The van der Waals surface area contributed by atoms with E-state index in [1.54, 1.807) is 41.0 Å². The number of allylic oxidation sites excluding steroid dienone is 2. The lowest BCUT2D eigenvalue weighted by atomic mass is 9.89. The fourth-order valence-electron chi connectivity index (χ4n) is 2.97. The molecular formula is C20H14ClN3O2S. The second-order valence-electron chi connectivity index (χ2n) is 5.85. The molecule has 2 aromatic carbocycles. The highest BCUT2D eigenvalue weighted by Gasteiger charge is 2.30. The monoisotopic (exact) mass is 395 g/mol. The van der Waals surface area contributed by atoms with Crippen LogP contribution in [0.5, 0.6) is 0 Å². The molecule has 0 saturated heterocycles. The molecular weight excluding hydrogens is 382 g/mol. The number of carbonyl (C=O) groups is 2. The second kappa shape index (κ2) is 7.13. The molecule has 7 heteroatoms. The van der Waals surface area contributed by atoms with Crippen molar-refractivity contribution in [1.29, 1.82) is 0 Å². The van der Waals surface area contributed by atoms with Crippen molar-refractivity contribution < 1.29 is 9.59 Å². The maximum absolute atomic E-state index is 13.0. The van der Waals surface area contributed by atoms with E-state index in [1.807, 2.05) is 19.1 Å². The molecule has 0 N–H and O–H groups in total. The van der Waals surface area contributed by atoms with Crippen LogP contribution >= 0.6 is 23.4 Å². The van der Waals surface area contributed by atoms with Gasteiger partial charge in [-0.3, -0.25) is 14.2 Å². The molecule has 27 heavy (non-hydrogen) atoms. The molecule has 1 aliphatic carbocycles. The van der Waals surface area contributed by atoms with E-state index in [-0.39, 0.29) is 17.1 Å². The van der Waals surface area contributed by atoms with Gasteiger partial charge in [-0.05, 0) is 30.0 Å². The average molecular weight is 396 g/mol. The molecule has 0 radical (unpaired) electrons. The number of aromatic nitrogens is 3. The van der Waals surface area contributed by atoms with Crippen LogP contribution in [0, 0.1) is 0 Å². The summed E-state index contributed by atoms with van der Waals surface area (Å²) in [6.45, 7) is 2.01. The van der Waals surface area contributed by atoms with Crippen LogP contribution in [-0.2, 0) is 0 Å². The Bertz CT molecular complexity index is 1090. The Morgan fingerprint density at radius 3 is 2.41 bits per heavy atom. The van der Waals surface area contributed by atoms with Crippen molar-refractivity contribution in [3.05, 3.63) is 76.6 Å². The zero-order valence-corrected chi connectivity index (χ0v) is 15.9. The predicted molar refractivity (Wildman–Crippen MR) is 106 cm³/mol. The molecule has 0 spiro atoms. The lowest BCUT2D eigenvalue weighted by molar-refractivity contribution is 0.100. The van der Waals surface area contributed by atoms with Crippen molar-refractivity contribution in [2.45, 2.75) is 12.1 Å². The second-order valence-corrected chi connectivity index (χ2v) is 7.52. The summed E-state index contributed by atoms with van der Waals surface area (Å²) in [5.74, 6) is 0.693.